The van der Waals surface area contributed by atoms with Crippen LogP contribution >= 0.6 is 0 Å². The second kappa shape index (κ2) is 3.48. The molecule has 4 rings (SSSR count). The van der Waals surface area contributed by atoms with Crippen LogP contribution < -0.4 is 0 Å². The van der Waals surface area contributed by atoms with Gasteiger partial charge < -0.3 is 4.98 Å². The summed E-state index contributed by atoms with van der Waals surface area (Å²) in [6, 6.07) is 4.52. The van der Waals surface area contributed by atoms with Crippen molar-refractivity contribution in [2.45, 2.75) is 38.5 Å². The zero-order valence-electron chi connectivity index (χ0n) is 11.7. The molecule has 0 amide bonds. The minimum atomic E-state index is -0.507. The van der Waals surface area contributed by atoms with Crippen LogP contribution in [-0.4, -0.2) is 15.8 Å². The number of carbonyl (C=O) groups is 1. The molecule has 2 unspecified atom stereocenters. The highest BCUT2D eigenvalue weighted by Gasteiger charge is 2.66. The maximum absolute atomic E-state index is 13.3. The SMILES string of the molecule is CC1(C)C2CCC1(c1nc3ccc(F)cc3[nH]1)C(=O)C2. The Balaban J connectivity index is 1.95. The Morgan fingerprint density at radius 1 is 1.40 bits per heavy atom. The largest absolute Gasteiger partial charge is 0.341 e. The number of rotatable bonds is 1. The summed E-state index contributed by atoms with van der Waals surface area (Å²) in [7, 11) is 0. The van der Waals surface area contributed by atoms with Crippen LogP contribution in [0.15, 0.2) is 18.2 Å². The number of hydrogen-bond donors (Lipinski definition) is 1. The van der Waals surface area contributed by atoms with Crippen LogP contribution in [0.5, 0.6) is 0 Å². The second-order valence-corrected chi connectivity index (χ2v) is 6.74. The van der Waals surface area contributed by atoms with Crippen LogP contribution in [0.3, 0.4) is 0 Å². The van der Waals surface area contributed by atoms with Crippen molar-refractivity contribution in [3.63, 3.8) is 0 Å². The smallest absolute Gasteiger partial charge is 0.147 e. The van der Waals surface area contributed by atoms with E-state index in [0.29, 0.717) is 23.6 Å². The first-order valence-corrected chi connectivity index (χ1v) is 7.14. The Bertz CT molecular complexity index is 733. The molecule has 2 atom stereocenters. The van der Waals surface area contributed by atoms with Gasteiger partial charge in [0.1, 0.15) is 17.4 Å². The van der Waals surface area contributed by atoms with Crippen molar-refractivity contribution in [3.8, 4) is 0 Å². The van der Waals surface area contributed by atoms with Gasteiger partial charge in [0.05, 0.1) is 16.4 Å². The molecular formula is C16H17FN2O. The van der Waals surface area contributed by atoms with Crippen molar-refractivity contribution in [3.05, 3.63) is 29.8 Å². The Hall–Kier alpha value is -1.71. The summed E-state index contributed by atoms with van der Waals surface area (Å²) < 4.78 is 13.3. The van der Waals surface area contributed by atoms with Crippen LogP contribution in [0.25, 0.3) is 11.0 Å². The van der Waals surface area contributed by atoms with E-state index in [-0.39, 0.29) is 11.2 Å². The third-order valence-corrected chi connectivity index (χ3v) is 5.74. The molecule has 3 nitrogen and oxygen atoms in total. The molecule has 1 aromatic carbocycles. The van der Waals surface area contributed by atoms with Crippen molar-refractivity contribution >= 4 is 16.8 Å². The monoisotopic (exact) mass is 272 g/mol. The van der Waals surface area contributed by atoms with Gasteiger partial charge >= 0.3 is 0 Å². The summed E-state index contributed by atoms with van der Waals surface area (Å²) in [4.78, 5) is 20.4. The number of carbonyl (C=O) groups excluding carboxylic acids is 1. The third-order valence-electron chi connectivity index (χ3n) is 5.74. The molecule has 0 saturated heterocycles. The standard InChI is InChI=1S/C16H17FN2O/c1-15(2)9-5-6-16(15,13(20)7-9)14-18-11-4-3-10(17)8-12(11)19-14/h3-4,8-9H,5-7H2,1-2H3,(H,18,19). The van der Waals surface area contributed by atoms with Gasteiger partial charge in [-0.15, -0.1) is 0 Å². The Morgan fingerprint density at radius 3 is 2.85 bits per heavy atom. The van der Waals surface area contributed by atoms with E-state index < -0.39 is 5.41 Å². The van der Waals surface area contributed by atoms with E-state index in [1.165, 1.54) is 12.1 Å². The maximum Gasteiger partial charge on any atom is 0.147 e. The molecule has 1 N–H and O–H groups in total. The number of nitrogens with one attached hydrogen (secondary N) is 1. The zero-order chi connectivity index (χ0) is 14.1. The highest BCUT2D eigenvalue weighted by Crippen LogP contribution is 2.63. The molecule has 0 spiro atoms. The molecule has 2 aliphatic rings. The molecule has 2 aliphatic carbocycles. The molecule has 2 saturated carbocycles. The van der Waals surface area contributed by atoms with Gasteiger partial charge in [0.15, 0.2) is 0 Å². The first-order valence-electron chi connectivity index (χ1n) is 7.14. The summed E-state index contributed by atoms with van der Waals surface area (Å²) in [6.45, 7) is 4.34. The average Bonchev–Trinajstić information content (AvgIpc) is 2.96. The molecular weight excluding hydrogens is 255 g/mol. The van der Waals surface area contributed by atoms with Crippen LogP contribution in [0.1, 0.15) is 38.9 Å². The first-order chi connectivity index (χ1) is 9.45. The molecule has 104 valence electrons. The van der Waals surface area contributed by atoms with Gasteiger partial charge in [-0.3, -0.25) is 4.79 Å². The van der Waals surface area contributed by atoms with Gasteiger partial charge in [0, 0.05) is 6.42 Å². The molecule has 2 aromatic rings. The van der Waals surface area contributed by atoms with Crippen LogP contribution in [-0.2, 0) is 10.2 Å². The van der Waals surface area contributed by atoms with Crippen molar-refractivity contribution in [2.75, 3.05) is 0 Å². The quantitative estimate of drug-likeness (QED) is 0.865. The highest BCUT2D eigenvalue weighted by atomic mass is 19.1. The minimum Gasteiger partial charge on any atom is -0.341 e. The lowest BCUT2D eigenvalue weighted by Gasteiger charge is -2.34. The van der Waals surface area contributed by atoms with E-state index >= 15 is 0 Å². The van der Waals surface area contributed by atoms with Crippen LogP contribution in [0.2, 0.25) is 0 Å². The first kappa shape index (κ1) is 12.1. The van der Waals surface area contributed by atoms with Crippen molar-refractivity contribution < 1.29 is 9.18 Å². The normalized spacial score (nSPS) is 31.4. The van der Waals surface area contributed by atoms with E-state index in [9.17, 15) is 9.18 Å². The van der Waals surface area contributed by atoms with Gasteiger partial charge in [-0.05, 0) is 42.4 Å². The minimum absolute atomic E-state index is 0.0729. The molecule has 20 heavy (non-hydrogen) atoms. The Kier molecular flexibility index (Phi) is 2.10. The summed E-state index contributed by atoms with van der Waals surface area (Å²) in [5.74, 6) is 1.18. The number of halogens is 1. The lowest BCUT2D eigenvalue weighted by atomic mass is 9.68. The lowest BCUT2D eigenvalue weighted by Crippen LogP contribution is -2.41. The predicted octanol–water partition coefficient (Wildman–Crippen LogP) is 3.35. The number of nitrogens with zero attached hydrogens (tertiary/aromatic N) is 1. The van der Waals surface area contributed by atoms with E-state index in [1.807, 2.05) is 0 Å². The van der Waals surface area contributed by atoms with Gasteiger partial charge in [-0.25, -0.2) is 9.37 Å². The Labute approximate surface area is 116 Å². The summed E-state index contributed by atoms with van der Waals surface area (Å²) in [6.07, 6.45) is 2.58. The second-order valence-electron chi connectivity index (χ2n) is 6.74. The molecule has 4 heteroatoms. The molecule has 2 bridgehead atoms. The third kappa shape index (κ3) is 1.20. The van der Waals surface area contributed by atoms with E-state index in [0.717, 1.165) is 24.2 Å². The molecule has 2 fully saturated rings. The van der Waals surface area contributed by atoms with Gasteiger partial charge in [0.25, 0.3) is 0 Å². The number of aromatic amines is 1. The van der Waals surface area contributed by atoms with Gasteiger partial charge in [-0.1, -0.05) is 13.8 Å². The number of imidazole rings is 1. The molecule has 1 heterocycles. The fourth-order valence-corrected chi connectivity index (χ4v) is 4.42. The van der Waals surface area contributed by atoms with Crippen LogP contribution in [0.4, 0.5) is 4.39 Å². The Morgan fingerprint density at radius 2 is 2.20 bits per heavy atom. The lowest BCUT2D eigenvalue weighted by molar-refractivity contribution is -0.124. The summed E-state index contributed by atoms with van der Waals surface area (Å²) in [5.41, 5.74) is 0.826. The molecule has 0 aliphatic heterocycles. The predicted molar refractivity (Wildman–Crippen MR) is 73.9 cm³/mol. The van der Waals surface area contributed by atoms with Gasteiger partial charge in [-0.2, -0.15) is 0 Å². The molecule has 1 aromatic heterocycles. The van der Waals surface area contributed by atoms with Crippen molar-refractivity contribution in [1.29, 1.82) is 0 Å². The fraction of sp³-hybridized carbons (Fsp3) is 0.500. The number of aromatic nitrogens is 2. The topological polar surface area (TPSA) is 45.8 Å². The summed E-state index contributed by atoms with van der Waals surface area (Å²) >= 11 is 0. The van der Waals surface area contributed by atoms with Crippen molar-refractivity contribution in [1.82, 2.24) is 9.97 Å². The number of benzene rings is 1. The fourth-order valence-electron chi connectivity index (χ4n) is 4.42. The highest BCUT2D eigenvalue weighted by molar-refractivity contribution is 5.95. The number of H-pyrrole nitrogens is 1. The van der Waals surface area contributed by atoms with Crippen LogP contribution in [0, 0.1) is 17.2 Å². The summed E-state index contributed by atoms with van der Waals surface area (Å²) in [5, 5.41) is 0. The number of hydrogen-bond acceptors (Lipinski definition) is 2. The van der Waals surface area contributed by atoms with E-state index in [4.69, 9.17) is 0 Å². The van der Waals surface area contributed by atoms with Crippen molar-refractivity contribution in [2.24, 2.45) is 11.3 Å². The number of Topliss-reactive ketones (excluding diaryl/α,β-unsaturated/α-hetero) is 1. The molecule has 0 radical (unpaired) electrons. The number of ketones is 1. The maximum atomic E-state index is 13.3. The van der Waals surface area contributed by atoms with E-state index in [2.05, 4.69) is 23.8 Å². The average molecular weight is 272 g/mol. The number of fused-ring (bicyclic) bond motifs is 3. The van der Waals surface area contributed by atoms with E-state index in [1.54, 1.807) is 6.07 Å². The zero-order valence-corrected chi connectivity index (χ0v) is 11.7. The van der Waals surface area contributed by atoms with Gasteiger partial charge in [0.2, 0.25) is 0 Å².